The van der Waals surface area contributed by atoms with E-state index in [1.54, 1.807) is 11.2 Å². The minimum Gasteiger partial charge on any atom is -0.324 e. The van der Waals surface area contributed by atoms with E-state index in [0.29, 0.717) is 0 Å². The molecule has 4 aliphatic rings. The lowest BCUT2D eigenvalue weighted by molar-refractivity contribution is -0.112. The fraction of sp³-hybridized carbons (Fsp3) is 0.378. The van der Waals surface area contributed by atoms with Crippen molar-refractivity contribution in [2.24, 2.45) is 33.8 Å². The molecule has 7 heteroatoms. The highest BCUT2D eigenvalue weighted by Gasteiger charge is 2.39. The standard InChI is InChI=1S/C31H39N5O.C6H9N/c1-23(2)13-18-36(33)30-31(3,22-32)19-28(26-7-5-4-6-8-26)29(34-30)27-11-9-24(10-12-27)20-35-16-14-25(21-37)15-17-35;7-6-4-2-1-3-5-6/h4-7,9-13,18-19,21-22,25-26,30,32H,1,8,14-17,20,33H2,2-3H3;1-4,6H,5,7H2/b18-13-,32-22?;. The van der Waals surface area contributed by atoms with Crippen LogP contribution in [0.25, 0.3) is 0 Å². The van der Waals surface area contributed by atoms with Gasteiger partial charge in [-0.15, -0.1) is 0 Å². The van der Waals surface area contributed by atoms with Crippen LogP contribution in [0.2, 0.25) is 0 Å². The van der Waals surface area contributed by atoms with Crippen LogP contribution in [0.3, 0.4) is 0 Å². The molecule has 1 aromatic rings. The average Bonchev–Trinajstić information content (AvgIpc) is 3.05. The molecule has 1 saturated heterocycles. The van der Waals surface area contributed by atoms with Crippen LogP contribution in [-0.4, -0.2) is 53.4 Å². The summed E-state index contributed by atoms with van der Waals surface area (Å²) in [7, 11) is 0. The van der Waals surface area contributed by atoms with Crippen molar-refractivity contribution in [3.63, 3.8) is 0 Å². The molecule has 0 bridgehead atoms. The van der Waals surface area contributed by atoms with Gasteiger partial charge in [0.1, 0.15) is 12.5 Å². The summed E-state index contributed by atoms with van der Waals surface area (Å²) >= 11 is 0. The second kappa shape index (κ2) is 15.7. The van der Waals surface area contributed by atoms with Gasteiger partial charge in [-0.25, -0.2) is 5.84 Å². The zero-order valence-electron chi connectivity index (χ0n) is 26.2. The van der Waals surface area contributed by atoms with Crippen molar-refractivity contribution in [3.8, 4) is 0 Å². The molecular weight excluding hydrogens is 544 g/mol. The first kappa shape index (κ1) is 33.0. The van der Waals surface area contributed by atoms with Crippen molar-refractivity contribution < 1.29 is 4.79 Å². The maximum absolute atomic E-state index is 11.1. The molecule has 2 aliphatic heterocycles. The number of likely N-dealkylation sites (tertiary alicyclic amines) is 1. The Labute approximate surface area is 263 Å². The van der Waals surface area contributed by atoms with Gasteiger partial charge in [-0.2, -0.15) is 0 Å². The Hall–Kier alpha value is -3.91. The van der Waals surface area contributed by atoms with Crippen LogP contribution in [-0.2, 0) is 11.3 Å². The first-order chi connectivity index (χ1) is 21.2. The van der Waals surface area contributed by atoms with E-state index in [-0.39, 0.29) is 17.9 Å². The van der Waals surface area contributed by atoms with Crippen molar-refractivity contribution in [1.29, 1.82) is 5.41 Å². The highest BCUT2D eigenvalue weighted by molar-refractivity contribution is 6.14. The van der Waals surface area contributed by atoms with Crippen molar-refractivity contribution in [2.75, 3.05) is 13.1 Å². The Balaban J connectivity index is 0.000000555. The quantitative estimate of drug-likeness (QED) is 0.107. The highest BCUT2D eigenvalue weighted by Crippen LogP contribution is 2.37. The van der Waals surface area contributed by atoms with Gasteiger partial charge >= 0.3 is 0 Å². The number of carbonyl (C=O) groups excluding carboxylic acids is 1. The predicted molar refractivity (Wildman–Crippen MR) is 183 cm³/mol. The summed E-state index contributed by atoms with van der Waals surface area (Å²) in [5.41, 5.74) is 10.1. The van der Waals surface area contributed by atoms with Gasteiger partial charge in [-0.05, 0) is 69.8 Å². The average molecular weight is 593 g/mol. The molecule has 0 amide bonds. The second-order valence-electron chi connectivity index (χ2n) is 12.4. The van der Waals surface area contributed by atoms with Gasteiger partial charge in [0.25, 0.3) is 0 Å². The number of carbonyl (C=O) groups is 1. The lowest BCUT2D eigenvalue weighted by atomic mass is 9.76. The number of aldehydes is 1. The number of hydrogen-bond acceptors (Lipinski definition) is 7. The fourth-order valence-electron chi connectivity index (χ4n) is 5.82. The summed E-state index contributed by atoms with van der Waals surface area (Å²) < 4.78 is 0. The van der Waals surface area contributed by atoms with Gasteiger partial charge < -0.3 is 15.9 Å². The number of benzene rings is 1. The fourth-order valence-corrected chi connectivity index (χ4v) is 5.82. The monoisotopic (exact) mass is 592 g/mol. The summed E-state index contributed by atoms with van der Waals surface area (Å²) in [6.07, 6.45) is 28.3. The number of dihydropyridines is 1. The van der Waals surface area contributed by atoms with Crippen LogP contribution in [0.1, 0.15) is 50.7 Å². The summed E-state index contributed by atoms with van der Waals surface area (Å²) in [5.74, 6) is 6.88. The molecule has 0 spiro atoms. The minimum atomic E-state index is -0.657. The summed E-state index contributed by atoms with van der Waals surface area (Å²) in [4.78, 5) is 18.7. The molecule has 0 radical (unpaired) electrons. The molecule has 5 N–H and O–H groups in total. The molecule has 232 valence electrons. The number of rotatable bonds is 9. The van der Waals surface area contributed by atoms with Crippen LogP contribution >= 0.6 is 0 Å². The van der Waals surface area contributed by atoms with E-state index < -0.39 is 11.6 Å². The number of piperidine rings is 1. The maximum Gasteiger partial charge on any atom is 0.148 e. The first-order valence-electron chi connectivity index (χ1n) is 15.6. The van der Waals surface area contributed by atoms with Crippen molar-refractivity contribution in [1.82, 2.24) is 9.91 Å². The third kappa shape index (κ3) is 8.82. The van der Waals surface area contributed by atoms with Crippen molar-refractivity contribution in [3.05, 3.63) is 120 Å². The van der Waals surface area contributed by atoms with Crippen LogP contribution in [0, 0.1) is 22.7 Å². The van der Waals surface area contributed by atoms with E-state index in [2.05, 4.69) is 72.2 Å². The largest absolute Gasteiger partial charge is 0.324 e. The number of hydrazine groups is 1. The van der Waals surface area contributed by atoms with E-state index in [1.807, 2.05) is 38.2 Å². The lowest BCUT2D eigenvalue weighted by Gasteiger charge is -2.40. The molecule has 4 atom stereocenters. The molecule has 0 aromatic heterocycles. The molecule has 5 rings (SSSR count). The topological polar surface area (TPSA) is 112 Å². The van der Waals surface area contributed by atoms with Crippen molar-refractivity contribution >= 4 is 18.2 Å². The Bertz CT molecular complexity index is 1370. The van der Waals surface area contributed by atoms with Crippen LogP contribution in [0.15, 0.2) is 114 Å². The third-order valence-electron chi connectivity index (χ3n) is 8.52. The van der Waals surface area contributed by atoms with E-state index in [1.165, 1.54) is 11.8 Å². The lowest BCUT2D eigenvalue weighted by Crippen LogP contribution is -2.49. The number of nitrogens with two attached hydrogens (primary N) is 2. The predicted octanol–water partition coefficient (Wildman–Crippen LogP) is 6.04. The van der Waals surface area contributed by atoms with Gasteiger partial charge in [0.2, 0.25) is 0 Å². The Morgan fingerprint density at radius 1 is 1.11 bits per heavy atom. The third-order valence-corrected chi connectivity index (χ3v) is 8.52. The summed E-state index contributed by atoms with van der Waals surface area (Å²) in [6, 6.07) is 8.93. The van der Waals surface area contributed by atoms with Crippen LogP contribution in [0.4, 0.5) is 0 Å². The smallest absolute Gasteiger partial charge is 0.148 e. The van der Waals surface area contributed by atoms with Crippen LogP contribution in [0.5, 0.6) is 0 Å². The Kier molecular flexibility index (Phi) is 11.8. The molecule has 2 aliphatic carbocycles. The molecule has 1 fully saturated rings. The Morgan fingerprint density at radius 3 is 2.32 bits per heavy atom. The van der Waals surface area contributed by atoms with E-state index in [4.69, 9.17) is 22.0 Å². The number of nitrogens with one attached hydrogen (secondary N) is 1. The van der Waals surface area contributed by atoms with Gasteiger partial charge in [0, 0.05) is 42.4 Å². The molecular formula is C37H48N6O. The van der Waals surface area contributed by atoms with Gasteiger partial charge in [-0.1, -0.05) is 91.1 Å². The number of allylic oxidation sites excluding steroid dienone is 9. The molecule has 7 nitrogen and oxygen atoms in total. The minimum absolute atomic E-state index is 0.194. The van der Waals surface area contributed by atoms with Gasteiger partial charge in [0.15, 0.2) is 0 Å². The van der Waals surface area contributed by atoms with E-state index in [0.717, 1.165) is 74.0 Å². The molecule has 1 aromatic carbocycles. The van der Waals surface area contributed by atoms with E-state index in [9.17, 15) is 4.79 Å². The highest BCUT2D eigenvalue weighted by atomic mass is 16.1. The zero-order valence-corrected chi connectivity index (χ0v) is 26.2. The number of hydrogen-bond donors (Lipinski definition) is 3. The molecule has 44 heavy (non-hydrogen) atoms. The first-order valence-corrected chi connectivity index (χ1v) is 15.6. The Morgan fingerprint density at radius 2 is 1.80 bits per heavy atom. The molecule has 2 heterocycles. The molecule has 4 unspecified atom stereocenters. The van der Waals surface area contributed by atoms with Gasteiger partial charge in [0.05, 0.1) is 11.1 Å². The normalized spacial score (nSPS) is 26.9. The maximum atomic E-state index is 11.1. The van der Waals surface area contributed by atoms with Gasteiger partial charge in [-0.3, -0.25) is 14.9 Å². The number of aliphatic imine (C=N–C) groups is 1. The zero-order chi connectivity index (χ0) is 31.5. The van der Waals surface area contributed by atoms with Crippen LogP contribution < -0.4 is 11.6 Å². The van der Waals surface area contributed by atoms with Crippen molar-refractivity contribution in [2.45, 2.75) is 58.3 Å². The second-order valence-corrected chi connectivity index (χ2v) is 12.4. The summed E-state index contributed by atoms with van der Waals surface area (Å²) in [5, 5.41) is 9.85. The summed E-state index contributed by atoms with van der Waals surface area (Å²) in [6.45, 7) is 10.7. The molecule has 0 saturated carbocycles. The SMILES string of the molecule is C=C(C)/C=C\N(N)C1N=C(c2ccc(CN3CCC(C=O)CC3)cc2)C(C2C=CC=CC2)=CC1(C)C=N.NC1C=CC=CC1. The van der Waals surface area contributed by atoms with E-state index >= 15 is 0 Å². The number of nitrogens with zero attached hydrogens (tertiary/aromatic N) is 3.